The van der Waals surface area contributed by atoms with Crippen molar-refractivity contribution in [3.63, 3.8) is 0 Å². The molecule has 1 fully saturated rings. The van der Waals surface area contributed by atoms with Crippen molar-refractivity contribution in [2.45, 2.75) is 12.8 Å². The van der Waals surface area contributed by atoms with E-state index >= 15 is 0 Å². The smallest absolute Gasteiger partial charge is 0.278 e. The first-order valence-corrected chi connectivity index (χ1v) is 7.49. The number of benzene rings is 2. The van der Waals surface area contributed by atoms with Crippen molar-refractivity contribution in [3.8, 4) is 0 Å². The Labute approximate surface area is 134 Å². The highest BCUT2D eigenvalue weighted by Crippen LogP contribution is 2.21. The highest BCUT2D eigenvalue weighted by molar-refractivity contribution is 6.09. The van der Waals surface area contributed by atoms with Crippen LogP contribution in [0.25, 0.3) is 0 Å². The van der Waals surface area contributed by atoms with Crippen LogP contribution in [0.2, 0.25) is 0 Å². The van der Waals surface area contributed by atoms with E-state index in [1.165, 1.54) is 0 Å². The summed E-state index contributed by atoms with van der Waals surface area (Å²) in [6, 6.07) is 16.0. The van der Waals surface area contributed by atoms with E-state index in [0.717, 1.165) is 18.7 Å². The average molecular weight is 307 g/mol. The fourth-order valence-electron chi connectivity index (χ4n) is 2.55. The zero-order valence-corrected chi connectivity index (χ0v) is 12.6. The Morgan fingerprint density at radius 1 is 1.00 bits per heavy atom. The van der Waals surface area contributed by atoms with Crippen LogP contribution in [0.5, 0.6) is 0 Å². The summed E-state index contributed by atoms with van der Waals surface area (Å²) in [6.07, 6.45) is 1.48. The summed E-state index contributed by atoms with van der Waals surface area (Å²) in [5.41, 5.74) is 7.91. The lowest BCUT2D eigenvalue weighted by Gasteiger charge is -2.15. The van der Waals surface area contributed by atoms with Gasteiger partial charge in [-0.1, -0.05) is 18.2 Å². The van der Waals surface area contributed by atoms with Gasteiger partial charge in [-0.25, -0.2) is 0 Å². The second-order valence-corrected chi connectivity index (χ2v) is 5.36. The Morgan fingerprint density at radius 3 is 2.30 bits per heavy atom. The standard InChI is InChI=1S/C18H17N3O2/c19-17(20-18(23)14-5-2-1-3-6-14)13-8-10-15(11-9-13)21-12-4-7-16(21)22/h1-3,5-6,8-11H,4,7,12H2,(H2,19,20,23). The molecular formula is C18H17N3O2. The summed E-state index contributed by atoms with van der Waals surface area (Å²) in [5, 5.41) is 0. The number of carbonyl (C=O) groups is 2. The molecule has 0 aliphatic carbocycles. The average Bonchev–Trinajstić information content (AvgIpc) is 3.02. The minimum atomic E-state index is -0.373. The zero-order chi connectivity index (χ0) is 16.2. The Hall–Kier alpha value is -2.95. The summed E-state index contributed by atoms with van der Waals surface area (Å²) in [5.74, 6) is -0.0707. The second kappa shape index (κ2) is 6.44. The molecule has 2 aromatic rings. The van der Waals surface area contributed by atoms with E-state index in [1.54, 1.807) is 41.3 Å². The molecule has 1 heterocycles. The lowest BCUT2D eigenvalue weighted by molar-refractivity contribution is -0.117. The van der Waals surface area contributed by atoms with Gasteiger partial charge in [0.1, 0.15) is 5.84 Å². The van der Waals surface area contributed by atoms with E-state index in [1.807, 2.05) is 18.2 Å². The van der Waals surface area contributed by atoms with Crippen LogP contribution in [0.15, 0.2) is 59.6 Å². The van der Waals surface area contributed by atoms with E-state index in [2.05, 4.69) is 4.99 Å². The minimum Gasteiger partial charge on any atom is -0.383 e. The van der Waals surface area contributed by atoms with Crippen LogP contribution < -0.4 is 10.6 Å². The molecule has 3 rings (SSSR count). The van der Waals surface area contributed by atoms with Crippen molar-refractivity contribution >= 4 is 23.3 Å². The van der Waals surface area contributed by atoms with Gasteiger partial charge in [0, 0.05) is 29.8 Å². The first-order chi connectivity index (χ1) is 11.1. The first kappa shape index (κ1) is 15.0. The second-order valence-electron chi connectivity index (χ2n) is 5.36. The molecule has 23 heavy (non-hydrogen) atoms. The first-order valence-electron chi connectivity index (χ1n) is 7.49. The molecule has 1 saturated heterocycles. The van der Waals surface area contributed by atoms with Crippen molar-refractivity contribution in [1.82, 2.24) is 0 Å². The summed E-state index contributed by atoms with van der Waals surface area (Å²) in [6.45, 7) is 0.744. The topological polar surface area (TPSA) is 75.8 Å². The molecule has 0 aromatic heterocycles. The molecule has 1 aliphatic heterocycles. The predicted octanol–water partition coefficient (Wildman–Crippen LogP) is 2.36. The molecule has 0 atom stereocenters. The van der Waals surface area contributed by atoms with E-state index in [9.17, 15) is 9.59 Å². The number of rotatable bonds is 3. The minimum absolute atomic E-state index is 0.138. The fourth-order valence-corrected chi connectivity index (χ4v) is 2.55. The van der Waals surface area contributed by atoms with E-state index < -0.39 is 0 Å². The van der Waals surface area contributed by atoms with E-state index in [-0.39, 0.29) is 17.6 Å². The Kier molecular flexibility index (Phi) is 4.19. The molecule has 2 N–H and O–H groups in total. The monoisotopic (exact) mass is 307 g/mol. The Balaban J connectivity index is 1.77. The number of amides is 2. The Bertz CT molecular complexity index is 752. The van der Waals surface area contributed by atoms with E-state index in [0.29, 0.717) is 17.5 Å². The van der Waals surface area contributed by atoms with Crippen molar-refractivity contribution in [3.05, 3.63) is 65.7 Å². The maximum atomic E-state index is 12.0. The normalized spacial score (nSPS) is 15.0. The summed E-state index contributed by atoms with van der Waals surface area (Å²) < 4.78 is 0. The number of anilines is 1. The van der Waals surface area contributed by atoms with Crippen LogP contribution in [0, 0.1) is 0 Å². The molecule has 0 spiro atoms. The van der Waals surface area contributed by atoms with Crippen molar-refractivity contribution in [1.29, 1.82) is 0 Å². The third kappa shape index (κ3) is 3.29. The number of aliphatic imine (C=N–C) groups is 1. The molecule has 0 saturated carbocycles. The maximum Gasteiger partial charge on any atom is 0.278 e. The molecule has 2 amide bonds. The molecule has 2 aromatic carbocycles. The molecule has 0 unspecified atom stereocenters. The van der Waals surface area contributed by atoms with Crippen LogP contribution in [0.3, 0.4) is 0 Å². The predicted molar refractivity (Wildman–Crippen MR) is 89.5 cm³/mol. The van der Waals surface area contributed by atoms with Gasteiger partial charge in [0.15, 0.2) is 0 Å². The van der Waals surface area contributed by atoms with Gasteiger partial charge in [-0.2, -0.15) is 4.99 Å². The number of amidine groups is 1. The van der Waals surface area contributed by atoms with Gasteiger partial charge < -0.3 is 10.6 Å². The van der Waals surface area contributed by atoms with Crippen LogP contribution >= 0.6 is 0 Å². The lowest BCUT2D eigenvalue weighted by atomic mass is 10.1. The number of nitrogens with zero attached hydrogens (tertiary/aromatic N) is 2. The van der Waals surface area contributed by atoms with Crippen LogP contribution in [0.1, 0.15) is 28.8 Å². The largest absolute Gasteiger partial charge is 0.383 e. The van der Waals surface area contributed by atoms with E-state index in [4.69, 9.17) is 5.73 Å². The maximum absolute atomic E-state index is 12.0. The van der Waals surface area contributed by atoms with Crippen LogP contribution in [0.4, 0.5) is 5.69 Å². The molecule has 116 valence electrons. The number of hydrogen-bond donors (Lipinski definition) is 1. The zero-order valence-electron chi connectivity index (χ0n) is 12.6. The van der Waals surface area contributed by atoms with Gasteiger partial charge in [-0.05, 0) is 42.8 Å². The van der Waals surface area contributed by atoms with Gasteiger partial charge in [-0.3, -0.25) is 9.59 Å². The molecule has 1 aliphatic rings. The van der Waals surface area contributed by atoms with Crippen molar-refractivity contribution in [2.75, 3.05) is 11.4 Å². The summed E-state index contributed by atoms with van der Waals surface area (Å²) in [4.78, 5) is 29.4. The number of hydrogen-bond acceptors (Lipinski definition) is 2. The lowest BCUT2D eigenvalue weighted by Crippen LogP contribution is -2.23. The molecule has 0 radical (unpaired) electrons. The third-order valence-corrected chi connectivity index (χ3v) is 3.79. The van der Waals surface area contributed by atoms with Crippen molar-refractivity contribution in [2.24, 2.45) is 10.7 Å². The highest BCUT2D eigenvalue weighted by atomic mass is 16.2. The fraction of sp³-hybridized carbons (Fsp3) is 0.167. The van der Waals surface area contributed by atoms with Crippen LogP contribution in [-0.2, 0) is 4.79 Å². The number of nitrogens with two attached hydrogens (primary N) is 1. The molecule has 5 nitrogen and oxygen atoms in total. The van der Waals surface area contributed by atoms with Crippen LogP contribution in [-0.4, -0.2) is 24.2 Å². The third-order valence-electron chi connectivity index (χ3n) is 3.79. The quantitative estimate of drug-likeness (QED) is 0.698. The van der Waals surface area contributed by atoms with Gasteiger partial charge in [-0.15, -0.1) is 0 Å². The summed E-state index contributed by atoms with van der Waals surface area (Å²) in [7, 11) is 0. The molecule has 5 heteroatoms. The van der Waals surface area contributed by atoms with Gasteiger partial charge >= 0.3 is 0 Å². The van der Waals surface area contributed by atoms with Crippen molar-refractivity contribution < 1.29 is 9.59 Å². The Morgan fingerprint density at radius 2 is 1.70 bits per heavy atom. The summed E-state index contributed by atoms with van der Waals surface area (Å²) >= 11 is 0. The van der Waals surface area contributed by atoms with Gasteiger partial charge in [0.05, 0.1) is 0 Å². The SMILES string of the molecule is NC(=NC(=O)c1ccccc1)c1ccc(N2CCCC2=O)cc1. The number of carbonyl (C=O) groups excluding carboxylic acids is 2. The molecule has 0 bridgehead atoms. The van der Waals surface area contributed by atoms with Gasteiger partial charge in [0.25, 0.3) is 5.91 Å². The highest BCUT2D eigenvalue weighted by Gasteiger charge is 2.21. The molecular weight excluding hydrogens is 290 g/mol. The van der Waals surface area contributed by atoms with Gasteiger partial charge in [0.2, 0.25) is 5.91 Å².